The lowest BCUT2D eigenvalue weighted by Gasteiger charge is -2.29. The summed E-state index contributed by atoms with van der Waals surface area (Å²) in [6, 6.07) is 5.75. The molecule has 130 valence electrons. The molecule has 0 unspecified atom stereocenters. The van der Waals surface area contributed by atoms with Gasteiger partial charge in [-0.1, -0.05) is 37.6 Å². The molecule has 0 aliphatic heterocycles. The Morgan fingerprint density at radius 2 is 1.79 bits per heavy atom. The van der Waals surface area contributed by atoms with Gasteiger partial charge < -0.3 is 5.32 Å². The van der Waals surface area contributed by atoms with Gasteiger partial charge in [0.25, 0.3) is 5.91 Å². The average molecular weight is 327 g/mol. The second-order valence-electron chi connectivity index (χ2n) is 7.72. The van der Waals surface area contributed by atoms with E-state index < -0.39 is 0 Å². The molecule has 4 heteroatoms. The van der Waals surface area contributed by atoms with Crippen molar-refractivity contribution in [3.63, 3.8) is 0 Å². The summed E-state index contributed by atoms with van der Waals surface area (Å²) < 4.78 is 0. The van der Waals surface area contributed by atoms with E-state index in [1.165, 1.54) is 5.57 Å². The van der Waals surface area contributed by atoms with Gasteiger partial charge in [0, 0.05) is 5.69 Å². The summed E-state index contributed by atoms with van der Waals surface area (Å²) in [7, 11) is 0. The Labute approximate surface area is 145 Å². The van der Waals surface area contributed by atoms with E-state index in [0.717, 1.165) is 35.4 Å². The van der Waals surface area contributed by atoms with Crippen LogP contribution in [0.4, 0.5) is 5.69 Å². The third-order valence-corrected chi connectivity index (χ3v) is 4.38. The summed E-state index contributed by atoms with van der Waals surface area (Å²) in [5.41, 5.74) is 8.44. The lowest BCUT2D eigenvalue weighted by atomic mass is 9.77. The fourth-order valence-corrected chi connectivity index (χ4v) is 3.31. The van der Waals surface area contributed by atoms with E-state index in [0.29, 0.717) is 0 Å². The van der Waals surface area contributed by atoms with Crippen LogP contribution in [0, 0.1) is 19.3 Å². The fourth-order valence-electron chi connectivity index (χ4n) is 3.31. The Balaban J connectivity index is 2.02. The highest BCUT2D eigenvalue weighted by molar-refractivity contribution is 5.97. The number of nitrogens with zero attached hydrogens (tertiary/aromatic N) is 1. The summed E-state index contributed by atoms with van der Waals surface area (Å²) in [5.74, 6) is -0.125. The van der Waals surface area contributed by atoms with Crippen LogP contribution in [0.5, 0.6) is 0 Å². The molecular formula is C20H29N3O. The van der Waals surface area contributed by atoms with Crippen LogP contribution in [-0.4, -0.2) is 17.7 Å². The standard InChI is InChI=1S/C20H29N3O/c1-13-10-17(12-20(5,6)11-13)22-23-19(24)16(4)21-18-14(2)8-7-9-15(18)3/h7-10,16,21H,11-12H2,1-6H3,(H,23,24)/t16-/m1/s1. The monoisotopic (exact) mass is 327 g/mol. The van der Waals surface area contributed by atoms with Crippen molar-refractivity contribution < 1.29 is 4.79 Å². The third kappa shape index (κ3) is 4.70. The molecule has 4 nitrogen and oxygen atoms in total. The number of benzene rings is 1. The first-order chi connectivity index (χ1) is 11.2. The highest BCUT2D eigenvalue weighted by atomic mass is 16.2. The smallest absolute Gasteiger partial charge is 0.262 e. The lowest BCUT2D eigenvalue weighted by molar-refractivity contribution is -0.121. The van der Waals surface area contributed by atoms with Crippen LogP contribution in [0.3, 0.4) is 0 Å². The zero-order valence-corrected chi connectivity index (χ0v) is 15.7. The first kappa shape index (κ1) is 18.2. The minimum Gasteiger partial charge on any atom is -0.373 e. The second-order valence-corrected chi connectivity index (χ2v) is 7.72. The van der Waals surface area contributed by atoms with E-state index in [2.05, 4.69) is 42.7 Å². The zero-order chi connectivity index (χ0) is 17.9. The molecule has 1 aliphatic carbocycles. The number of rotatable bonds is 4. The normalized spacial score (nSPS) is 19.6. The Morgan fingerprint density at radius 3 is 2.38 bits per heavy atom. The summed E-state index contributed by atoms with van der Waals surface area (Å²) in [4.78, 5) is 12.4. The summed E-state index contributed by atoms with van der Waals surface area (Å²) >= 11 is 0. The molecule has 2 rings (SSSR count). The average Bonchev–Trinajstić information content (AvgIpc) is 2.46. The van der Waals surface area contributed by atoms with Gasteiger partial charge in [-0.25, -0.2) is 5.43 Å². The van der Waals surface area contributed by atoms with Crippen molar-refractivity contribution in [1.29, 1.82) is 0 Å². The molecule has 0 saturated carbocycles. The van der Waals surface area contributed by atoms with E-state index >= 15 is 0 Å². The Bertz CT molecular complexity index is 666. The van der Waals surface area contributed by atoms with E-state index in [-0.39, 0.29) is 17.4 Å². The van der Waals surface area contributed by atoms with Crippen LogP contribution in [0.15, 0.2) is 34.9 Å². The van der Waals surface area contributed by atoms with Crippen molar-refractivity contribution in [2.45, 2.75) is 60.4 Å². The van der Waals surface area contributed by atoms with Gasteiger partial charge in [-0.3, -0.25) is 4.79 Å². The summed E-state index contributed by atoms with van der Waals surface area (Å²) in [5, 5.41) is 7.63. The fraction of sp³-hybridized carbons (Fsp3) is 0.500. The molecular weight excluding hydrogens is 298 g/mol. The van der Waals surface area contributed by atoms with Crippen LogP contribution in [0.1, 0.15) is 51.7 Å². The predicted molar refractivity (Wildman–Crippen MR) is 101 cm³/mol. The minimum absolute atomic E-state index is 0.125. The summed E-state index contributed by atoms with van der Waals surface area (Å²) in [6.07, 6.45) is 4.03. The Kier molecular flexibility index (Phi) is 5.47. The van der Waals surface area contributed by atoms with Gasteiger partial charge in [0.2, 0.25) is 0 Å². The predicted octanol–water partition coefficient (Wildman–Crippen LogP) is 4.34. The number of anilines is 1. The number of para-hydroxylation sites is 1. The topological polar surface area (TPSA) is 53.5 Å². The van der Waals surface area contributed by atoms with E-state index in [1.54, 1.807) is 0 Å². The van der Waals surface area contributed by atoms with Crippen molar-refractivity contribution in [1.82, 2.24) is 5.43 Å². The molecule has 2 N–H and O–H groups in total. The molecule has 1 amide bonds. The molecule has 0 heterocycles. The van der Waals surface area contributed by atoms with Gasteiger partial charge in [0.1, 0.15) is 6.04 Å². The molecule has 1 aromatic rings. The van der Waals surface area contributed by atoms with Gasteiger partial charge in [-0.2, -0.15) is 5.10 Å². The minimum atomic E-state index is -0.351. The van der Waals surface area contributed by atoms with Gasteiger partial charge >= 0.3 is 0 Å². The maximum absolute atomic E-state index is 12.4. The number of nitrogens with one attached hydrogen (secondary N) is 2. The molecule has 24 heavy (non-hydrogen) atoms. The number of carbonyl (C=O) groups is 1. The number of allylic oxidation sites excluding steroid dienone is 2. The van der Waals surface area contributed by atoms with Crippen molar-refractivity contribution in [3.05, 3.63) is 41.0 Å². The maximum atomic E-state index is 12.4. The Morgan fingerprint density at radius 1 is 1.17 bits per heavy atom. The molecule has 0 radical (unpaired) electrons. The van der Waals surface area contributed by atoms with Crippen molar-refractivity contribution in [2.24, 2.45) is 10.5 Å². The Hall–Kier alpha value is -2.10. The molecule has 0 spiro atoms. The number of hydrogen-bond acceptors (Lipinski definition) is 3. The van der Waals surface area contributed by atoms with Crippen molar-refractivity contribution >= 4 is 17.3 Å². The molecule has 1 aliphatic rings. The quantitative estimate of drug-likeness (QED) is 0.808. The number of hydrazone groups is 1. The van der Waals surface area contributed by atoms with E-state index in [4.69, 9.17) is 0 Å². The molecule has 0 bridgehead atoms. The number of hydrogen-bond donors (Lipinski definition) is 2. The molecule has 0 aromatic heterocycles. The zero-order valence-electron chi connectivity index (χ0n) is 15.7. The first-order valence-corrected chi connectivity index (χ1v) is 8.54. The lowest BCUT2D eigenvalue weighted by Crippen LogP contribution is -2.36. The molecule has 0 fully saturated rings. The van der Waals surface area contributed by atoms with Crippen molar-refractivity contribution in [2.75, 3.05) is 5.32 Å². The first-order valence-electron chi connectivity index (χ1n) is 8.54. The van der Waals surface area contributed by atoms with Crippen LogP contribution in [0.25, 0.3) is 0 Å². The number of amides is 1. The van der Waals surface area contributed by atoms with Crippen LogP contribution in [-0.2, 0) is 4.79 Å². The van der Waals surface area contributed by atoms with Crippen LogP contribution < -0.4 is 10.7 Å². The van der Waals surface area contributed by atoms with Gasteiger partial charge in [-0.05, 0) is 63.2 Å². The molecule has 1 atom stereocenters. The van der Waals surface area contributed by atoms with Gasteiger partial charge in [0.05, 0.1) is 5.71 Å². The van der Waals surface area contributed by atoms with Gasteiger partial charge in [-0.15, -0.1) is 0 Å². The molecule has 1 aromatic carbocycles. The van der Waals surface area contributed by atoms with E-state index in [9.17, 15) is 4.79 Å². The highest BCUT2D eigenvalue weighted by Gasteiger charge is 2.25. The van der Waals surface area contributed by atoms with Crippen molar-refractivity contribution in [3.8, 4) is 0 Å². The van der Waals surface area contributed by atoms with Crippen LogP contribution >= 0.6 is 0 Å². The highest BCUT2D eigenvalue weighted by Crippen LogP contribution is 2.33. The second kappa shape index (κ2) is 7.20. The maximum Gasteiger partial charge on any atom is 0.262 e. The largest absolute Gasteiger partial charge is 0.373 e. The number of aryl methyl sites for hydroxylation is 2. The summed E-state index contributed by atoms with van der Waals surface area (Å²) in [6.45, 7) is 12.5. The third-order valence-electron chi connectivity index (χ3n) is 4.38. The van der Waals surface area contributed by atoms with Crippen LogP contribution in [0.2, 0.25) is 0 Å². The molecule has 0 saturated heterocycles. The number of carbonyl (C=O) groups excluding carboxylic acids is 1. The van der Waals surface area contributed by atoms with Gasteiger partial charge in [0.15, 0.2) is 0 Å². The van der Waals surface area contributed by atoms with E-state index in [1.807, 2.05) is 39.0 Å². The SMILES string of the molecule is CC1=CC(=NNC(=O)[C@@H](C)Nc2c(C)cccc2C)CC(C)(C)C1.